The van der Waals surface area contributed by atoms with Crippen molar-refractivity contribution in [1.29, 1.82) is 0 Å². The maximum Gasteiger partial charge on any atom is 0.274 e. The van der Waals surface area contributed by atoms with Gasteiger partial charge in [0, 0.05) is 11.6 Å². The van der Waals surface area contributed by atoms with Crippen molar-refractivity contribution in [2.24, 2.45) is 0 Å². The van der Waals surface area contributed by atoms with Crippen LogP contribution in [-0.2, 0) is 12.4 Å². The first-order valence-corrected chi connectivity index (χ1v) is 6.91. The Morgan fingerprint density at radius 1 is 1.30 bits per heavy atom. The van der Waals surface area contributed by atoms with Crippen molar-refractivity contribution >= 4 is 17.7 Å². The Kier molecular flexibility index (Phi) is 3.33. The highest BCUT2D eigenvalue weighted by atomic mass is 32.2. The summed E-state index contributed by atoms with van der Waals surface area (Å²) in [4.78, 5) is 10.8. The second kappa shape index (κ2) is 5.15. The molecule has 0 saturated heterocycles. The number of aliphatic hydroxyl groups excluding tert-OH is 1. The Morgan fingerprint density at radius 3 is 2.90 bits per heavy atom. The van der Waals surface area contributed by atoms with Crippen molar-refractivity contribution in [2.45, 2.75) is 12.4 Å². The van der Waals surface area contributed by atoms with Gasteiger partial charge in [0.15, 0.2) is 0 Å². The zero-order valence-electron chi connectivity index (χ0n) is 10.4. The van der Waals surface area contributed by atoms with Crippen LogP contribution in [0.3, 0.4) is 0 Å². The number of fused-ring (bicyclic) bond motifs is 3. The van der Waals surface area contributed by atoms with Gasteiger partial charge in [-0.2, -0.15) is 0 Å². The molecule has 5 nitrogen and oxygen atoms in total. The van der Waals surface area contributed by atoms with Crippen molar-refractivity contribution in [1.82, 2.24) is 0 Å². The van der Waals surface area contributed by atoms with E-state index in [2.05, 4.69) is 0 Å². The van der Waals surface area contributed by atoms with Crippen molar-refractivity contribution < 1.29 is 14.2 Å². The zero-order valence-corrected chi connectivity index (χ0v) is 11.2. The average Bonchev–Trinajstić information content (AvgIpc) is 2.65. The summed E-state index contributed by atoms with van der Waals surface area (Å²) in [5.41, 5.74) is 3.06. The van der Waals surface area contributed by atoms with E-state index >= 15 is 0 Å². The summed E-state index contributed by atoms with van der Waals surface area (Å²) >= 11 is 1.18. The van der Waals surface area contributed by atoms with Crippen LogP contribution < -0.4 is 4.18 Å². The Morgan fingerprint density at radius 2 is 2.15 bits per heavy atom. The molecule has 3 rings (SSSR count). The van der Waals surface area contributed by atoms with E-state index < -0.39 is 0 Å². The van der Waals surface area contributed by atoms with Gasteiger partial charge in [-0.25, -0.2) is 0 Å². The first kappa shape index (κ1) is 13.0. The van der Waals surface area contributed by atoms with Crippen molar-refractivity contribution in [3.63, 3.8) is 0 Å². The molecule has 1 aliphatic rings. The quantitative estimate of drug-likeness (QED) is 0.521. The number of hydrogen-bond acceptors (Lipinski definition) is 5. The van der Waals surface area contributed by atoms with Gasteiger partial charge in [0.2, 0.25) is 0 Å². The van der Waals surface area contributed by atoms with Gasteiger partial charge in [-0.15, -0.1) is 0 Å². The van der Waals surface area contributed by atoms with Crippen LogP contribution >= 0.6 is 12.0 Å². The third kappa shape index (κ3) is 2.13. The first-order valence-electron chi connectivity index (χ1n) is 6.00. The lowest BCUT2D eigenvalue weighted by atomic mass is 9.97. The van der Waals surface area contributed by atoms with Crippen LogP contribution in [0.25, 0.3) is 11.1 Å². The van der Waals surface area contributed by atoms with Crippen LogP contribution in [0.2, 0.25) is 0 Å². The van der Waals surface area contributed by atoms with Gasteiger partial charge in [-0.3, -0.25) is 10.1 Å². The van der Waals surface area contributed by atoms with Crippen LogP contribution in [0.15, 0.2) is 36.4 Å². The fourth-order valence-electron chi connectivity index (χ4n) is 2.26. The maximum absolute atomic E-state index is 11.1. The molecule has 0 bridgehead atoms. The molecule has 0 amide bonds. The Bertz CT molecular complexity index is 687. The minimum absolute atomic E-state index is 0.0787. The smallest absolute Gasteiger partial charge is 0.274 e. The van der Waals surface area contributed by atoms with Crippen LogP contribution in [0.4, 0.5) is 5.69 Å². The Labute approximate surface area is 119 Å². The molecule has 6 heteroatoms. The van der Waals surface area contributed by atoms with Crippen molar-refractivity contribution in [2.75, 3.05) is 0 Å². The molecule has 2 aromatic carbocycles. The molecule has 0 saturated carbocycles. The van der Waals surface area contributed by atoms with Gasteiger partial charge >= 0.3 is 0 Å². The third-order valence-corrected chi connectivity index (χ3v) is 3.92. The molecular weight excluding hydrogens is 278 g/mol. The van der Waals surface area contributed by atoms with Gasteiger partial charge in [0.25, 0.3) is 5.69 Å². The molecule has 0 aromatic heterocycles. The summed E-state index contributed by atoms with van der Waals surface area (Å²) in [6.07, 6.45) is 0. The summed E-state index contributed by atoms with van der Waals surface area (Å²) < 4.78 is 5.58. The first-order chi connectivity index (χ1) is 9.70. The molecule has 0 radical (unpaired) electrons. The number of nitro benzene ring substituents is 1. The minimum atomic E-state index is -0.375. The van der Waals surface area contributed by atoms with E-state index in [1.54, 1.807) is 18.2 Å². The highest BCUT2D eigenvalue weighted by Gasteiger charge is 2.23. The van der Waals surface area contributed by atoms with E-state index in [4.69, 9.17) is 4.18 Å². The van der Waals surface area contributed by atoms with Gasteiger partial charge in [0.1, 0.15) is 5.75 Å². The Balaban J connectivity index is 2.26. The highest BCUT2D eigenvalue weighted by molar-refractivity contribution is 7.94. The fraction of sp³-hybridized carbons (Fsp3) is 0.143. The summed E-state index contributed by atoms with van der Waals surface area (Å²) in [7, 11) is 0. The molecule has 1 aliphatic heterocycles. The van der Waals surface area contributed by atoms with Gasteiger partial charge in [0.05, 0.1) is 34.9 Å². The topological polar surface area (TPSA) is 72.6 Å². The van der Waals surface area contributed by atoms with Gasteiger partial charge in [-0.1, -0.05) is 18.2 Å². The molecule has 2 aromatic rings. The predicted octanol–water partition coefficient (Wildman–Crippen LogP) is 3.29. The largest absolute Gasteiger partial charge is 0.425 e. The van der Waals surface area contributed by atoms with Crippen LogP contribution in [-0.4, -0.2) is 10.0 Å². The average molecular weight is 289 g/mol. The molecule has 0 spiro atoms. The van der Waals surface area contributed by atoms with E-state index in [1.807, 2.05) is 12.1 Å². The van der Waals surface area contributed by atoms with Crippen LogP contribution in [0.5, 0.6) is 5.75 Å². The van der Waals surface area contributed by atoms with Gasteiger partial charge < -0.3 is 9.29 Å². The summed E-state index contributed by atoms with van der Waals surface area (Å²) in [6, 6.07) is 10.4. The molecule has 0 fully saturated rings. The van der Waals surface area contributed by atoms with Crippen LogP contribution in [0.1, 0.15) is 11.1 Å². The molecule has 0 aliphatic carbocycles. The highest BCUT2D eigenvalue weighted by Crippen LogP contribution is 2.42. The van der Waals surface area contributed by atoms with Crippen LogP contribution in [0, 0.1) is 10.1 Å². The number of benzene rings is 2. The molecule has 0 unspecified atom stereocenters. The monoisotopic (exact) mass is 289 g/mol. The summed E-state index contributed by atoms with van der Waals surface area (Å²) in [5, 5.41) is 20.4. The standard InChI is InChI=1S/C14H11NO4S/c16-7-9-4-5-14-11(6-9)10-2-1-3-13(15(17)18)12(10)8-20-19-14/h1-6,16H,7-8H2. The number of rotatable bonds is 2. The molecule has 1 N–H and O–H groups in total. The van der Waals surface area contributed by atoms with E-state index in [0.717, 1.165) is 16.7 Å². The number of nitro groups is 1. The number of hydrogen-bond donors (Lipinski definition) is 1. The molecule has 102 valence electrons. The molecular formula is C14H11NO4S. The lowest BCUT2D eigenvalue weighted by molar-refractivity contribution is -0.385. The number of aliphatic hydroxyl groups is 1. The molecule has 20 heavy (non-hydrogen) atoms. The van der Waals surface area contributed by atoms with E-state index in [1.165, 1.54) is 18.1 Å². The minimum Gasteiger partial charge on any atom is -0.425 e. The van der Waals surface area contributed by atoms with E-state index in [9.17, 15) is 15.2 Å². The maximum atomic E-state index is 11.1. The second-order valence-corrected chi connectivity index (χ2v) is 5.09. The Hall–Kier alpha value is -2.05. The lowest BCUT2D eigenvalue weighted by Crippen LogP contribution is -1.96. The van der Waals surface area contributed by atoms with Crippen molar-refractivity contribution in [3.8, 4) is 16.9 Å². The van der Waals surface area contributed by atoms with Gasteiger partial charge in [-0.05, 0) is 23.3 Å². The lowest BCUT2D eigenvalue weighted by Gasteiger charge is -2.09. The zero-order chi connectivity index (χ0) is 14.1. The third-order valence-electron chi connectivity index (χ3n) is 3.22. The predicted molar refractivity (Wildman–Crippen MR) is 76.4 cm³/mol. The summed E-state index contributed by atoms with van der Waals surface area (Å²) in [6.45, 7) is -0.0787. The van der Waals surface area contributed by atoms with Crippen molar-refractivity contribution in [3.05, 3.63) is 57.6 Å². The number of nitrogens with zero attached hydrogens (tertiary/aromatic N) is 1. The molecule has 1 heterocycles. The summed E-state index contributed by atoms with van der Waals surface area (Å²) in [5.74, 6) is 1.07. The SMILES string of the molecule is O=[N+]([O-])c1cccc2c1CSOc1ccc(CO)cc1-2. The van der Waals surface area contributed by atoms with E-state index in [-0.39, 0.29) is 17.2 Å². The normalized spacial score (nSPS) is 12.8. The van der Waals surface area contributed by atoms with E-state index in [0.29, 0.717) is 17.1 Å². The molecule has 0 atom stereocenters. The second-order valence-electron chi connectivity index (χ2n) is 4.39. The fourth-order valence-corrected chi connectivity index (χ4v) is 3.01.